The number of urea groups is 1. The first kappa shape index (κ1) is 12.9. The highest BCUT2D eigenvalue weighted by atomic mass is 16.3. The number of hydrogen-bond acceptors (Lipinski definition) is 4. The third-order valence-corrected chi connectivity index (χ3v) is 1.77. The van der Waals surface area contributed by atoms with Gasteiger partial charge in [0.15, 0.2) is 0 Å². The number of rotatable bonds is 5. The van der Waals surface area contributed by atoms with E-state index in [1.807, 2.05) is 12.2 Å². The molecule has 0 saturated carbocycles. The van der Waals surface area contributed by atoms with Gasteiger partial charge in [-0.1, -0.05) is 6.92 Å². The van der Waals surface area contributed by atoms with Gasteiger partial charge in [0.25, 0.3) is 0 Å². The number of hydrogen-bond donors (Lipinski definition) is 4. The molecule has 0 aliphatic carbocycles. The summed E-state index contributed by atoms with van der Waals surface area (Å²) in [5, 5.41) is 13.9. The van der Waals surface area contributed by atoms with Crippen molar-refractivity contribution in [3.05, 3.63) is 0 Å². The topological polar surface area (TPSA) is 104 Å². The molecule has 82 valence electrons. The van der Waals surface area contributed by atoms with E-state index < -0.39 is 24.1 Å². The minimum atomic E-state index is -0.875. The molecular formula is C8H17N3O3. The third-order valence-electron chi connectivity index (χ3n) is 1.77. The number of primary amides is 1. The molecule has 0 aliphatic rings. The highest BCUT2D eigenvalue weighted by molar-refractivity contribution is 5.96. The van der Waals surface area contributed by atoms with Crippen LogP contribution in [0.25, 0.3) is 0 Å². The van der Waals surface area contributed by atoms with Crippen molar-refractivity contribution in [2.75, 3.05) is 6.54 Å². The predicted octanol–water partition coefficient (Wildman–Crippen LogP) is -1.07. The Balaban J connectivity index is 3.78. The molecule has 0 aliphatic heterocycles. The molecule has 5 N–H and O–H groups in total. The van der Waals surface area contributed by atoms with Crippen molar-refractivity contribution in [1.29, 1.82) is 0 Å². The van der Waals surface area contributed by atoms with Crippen molar-refractivity contribution in [2.24, 2.45) is 5.73 Å². The van der Waals surface area contributed by atoms with Crippen molar-refractivity contribution in [1.82, 2.24) is 10.6 Å². The number of nitrogens with one attached hydrogen (secondary N) is 2. The maximum absolute atomic E-state index is 11.1. The van der Waals surface area contributed by atoms with Crippen LogP contribution in [0.3, 0.4) is 0 Å². The second-order valence-corrected chi connectivity index (χ2v) is 3.05. The molecule has 0 rings (SSSR count). The van der Waals surface area contributed by atoms with Gasteiger partial charge in [-0.3, -0.25) is 10.1 Å². The first-order chi connectivity index (χ1) is 6.47. The molecule has 14 heavy (non-hydrogen) atoms. The fourth-order valence-corrected chi connectivity index (χ4v) is 0.780. The molecule has 3 amide bonds. The number of imide groups is 1. The maximum Gasteiger partial charge on any atom is 0.318 e. The normalized spacial score (nSPS) is 14.5. The van der Waals surface area contributed by atoms with Crippen LogP contribution in [0.5, 0.6) is 0 Å². The number of aliphatic hydroxyl groups excluding tert-OH is 1. The van der Waals surface area contributed by atoms with Gasteiger partial charge in [-0.05, 0) is 13.3 Å². The lowest BCUT2D eigenvalue weighted by atomic mass is 10.2. The zero-order chi connectivity index (χ0) is 11.1. The highest BCUT2D eigenvalue weighted by Crippen LogP contribution is 1.89. The standard InChI is InChI=1S/C8H17N3O3/c1-3-6(12)4-10-5(2)7(13)11-8(9)14/h5-6,10,12H,3-4H2,1-2H3,(H3,9,11,13,14). The fourth-order valence-electron chi connectivity index (χ4n) is 0.780. The van der Waals surface area contributed by atoms with E-state index in [0.29, 0.717) is 13.0 Å². The van der Waals surface area contributed by atoms with Crippen molar-refractivity contribution < 1.29 is 14.7 Å². The van der Waals surface area contributed by atoms with Crippen molar-refractivity contribution in [3.63, 3.8) is 0 Å². The second-order valence-electron chi connectivity index (χ2n) is 3.05. The van der Waals surface area contributed by atoms with E-state index in [2.05, 4.69) is 5.32 Å². The van der Waals surface area contributed by atoms with Gasteiger partial charge in [0.2, 0.25) is 5.91 Å². The van der Waals surface area contributed by atoms with Gasteiger partial charge < -0.3 is 16.2 Å². The Morgan fingerprint density at radius 1 is 1.50 bits per heavy atom. The molecule has 2 unspecified atom stereocenters. The molecule has 0 aromatic rings. The molecular weight excluding hydrogens is 186 g/mol. The maximum atomic E-state index is 11.1. The number of aliphatic hydroxyl groups is 1. The van der Waals surface area contributed by atoms with Gasteiger partial charge in [-0.2, -0.15) is 0 Å². The summed E-state index contributed by atoms with van der Waals surface area (Å²) in [5.74, 6) is -0.499. The van der Waals surface area contributed by atoms with Gasteiger partial charge in [-0.25, -0.2) is 4.79 Å². The molecule has 0 heterocycles. The second kappa shape index (κ2) is 6.33. The lowest BCUT2D eigenvalue weighted by molar-refractivity contribution is -0.121. The number of amides is 3. The summed E-state index contributed by atoms with van der Waals surface area (Å²) in [4.78, 5) is 21.4. The monoisotopic (exact) mass is 203 g/mol. The molecule has 0 aromatic carbocycles. The SMILES string of the molecule is CCC(O)CNC(C)C(=O)NC(N)=O. The van der Waals surface area contributed by atoms with Crippen LogP contribution in [-0.2, 0) is 4.79 Å². The molecule has 0 saturated heterocycles. The predicted molar refractivity (Wildman–Crippen MR) is 51.5 cm³/mol. The van der Waals surface area contributed by atoms with Crippen LogP contribution in [-0.4, -0.2) is 35.7 Å². The van der Waals surface area contributed by atoms with Gasteiger partial charge >= 0.3 is 6.03 Å². The molecule has 2 atom stereocenters. The van der Waals surface area contributed by atoms with Crippen molar-refractivity contribution >= 4 is 11.9 Å². The molecule has 0 aromatic heterocycles. The van der Waals surface area contributed by atoms with Crippen LogP contribution >= 0.6 is 0 Å². The van der Waals surface area contributed by atoms with E-state index >= 15 is 0 Å². The van der Waals surface area contributed by atoms with Crippen LogP contribution < -0.4 is 16.4 Å². The summed E-state index contributed by atoms with van der Waals surface area (Å²) in [6.45, 7) is 3.73. The van der Waals surface area contributed by atoms with Gasteiger partial charge in [0, 0.05) is 6.54 Å². The van der Waals surface area contributed by atoms with Crippen LogP contribution in [0.2, 0.25) is 0 Å². The smallest absolute Gasteiger partial charge is 0.318 e. The number of nitrogens with two attached hydrogens (primary N) is 1. The largest absolute Gasteiger partial charge is 0.392 e. The lowest BCUT2D eigenvalue weighted by Crippen LogP contribution is -2.48. The summed E-state index contributed by atoms with van der Waals surface area (Å²) in [6.07, 6.45) is 0.121. The molecule has 6 nitrogen and oxygen atoms in total. The molecule has 0 spiro atoms. The Labute approximate surface area is 82.9 Å². The summed E-state index contributed by atoms with van der Waals surface area (Å²) in [7, 11) is 0. The van der Waals surface area contributed by atoms with Crippen LogP contribution in [0.4, 0.5) is 4.79 Å². The molecule has 6 heteroatoms. The zero-order valence-electron chi connectivity index (χ0n) is 8.41. The van der Waals surface area contributed by atoms with Crippen molar-refractivity contribution in [3.8, 4) is 0 Å². The van der Waals surface area contributed by atoms with Crippen LogP contribution in [0.1, 0.15) is 20.3 Å². The van der Waals surface area contributed by atoms with E-state index in [4.69, 9.17) is 5.73 Å². The summed E-state index contributed by atoms with van der Waals surface area (Å²) in [5.41, 5.74) is 4.77. The van der Waals surface area contributed by atoms with Crippen LogP contribution in [0, 0.1) is 0 Å². The van der Waals surface area contributed by atoms with Gasteiger partial charge in [0.1, 0.15) is 0 Å². The fraction of sp³-hybridized carbons (Fsp3) is 0.750. The third kappa shape index (κ3) is 5.50. The minimum absolute atomic E-state index is 0.309. The Hall–Kier alpha value is -1.14. The summed E-state index contributed by atoms with van der Waals surface area (Å²) < 4.78 is 0. The first-order valence-corrected chi connectivity index (χ1v) is 4.49. The molecule has 0 bridgehead atoms. The zero-order valence-corrected chi connectivity index (χ0v) is 8.41. The average Bonchev–Trinajstić information content (AvgIpc) is 2.12. The molecule has 0 radical (unpaired) electrons. The van der Waals surface area contributed by atoms with Crippen molar-refractivity contribution in [2.45, 2.75) is 32.4 Å². The van der Waals surface area contributed by atoms with Gasteiger partial charge in [-0.15, -0.1) is 0 Å². The van der Waals surface area contributed by atoms with Crippen LogP contribution in [0.15, 0.2) is 0 Å². The van der Waals surface area contributed by atoms with E-state index in [0.717, 1.165) is 0 Å². The summed E-state index contributed by atoms with van der Waals surface area (Å²) in [6, 6.07) is -1.43. The Morgan fingerprint density at radius 2 is 2.07 bits per heavy atom. The number of carbonyl (C=O) groups is 2. The Morgan fingerprint density at radius 3 is 2.50 bits per heavy atom. The summed E-state index contributed by atoms with van der Waals surface area (Å²) >= 11 is 0. The van der Waals surface area contributed by atoms with E-state index in [-0.39, 0.29) is 0 Å². The van der Waals surface area contributed by atoms with E-state index in [9.17, 15) is 14.7 Å². The Kier molecular flexibility index (Phi) is 5.82. The highest BCUT2D eigenvalue weighted by Gasteiger charge is 2.14. The first-order valence-electron chi connectivity index (χ1n) is 4.49. The minimum Gasteiger partial charge on any atom is -0.392 e. The Bertz CT molecular complexity index is 208. The van der Waals surface area contributed by atoms with Gasteiger partial charge in [0.05, 0.1) is 12.1 Å². The van der Waals surface area contributed by atoms with E-state index in [1.54, 1.807) is 6.92 Å². The lowest BCUT2D eigenvalue weighted by Gasteiger charge is -2.14. The molecule has 0 fully saturated rings. The quantitative estimate of drug-likeness (QED) is 0.456. The van der Waals surface area contributed by atoms with E-state index in [1.165, 1.54) is 0 Å². The number of carbonyl (C=O) groups excluding carboxylic acids is 2. The average molecular weight is 203 g/mol.